The van der Waals surface area contributed by atoms with Crippen LogP contribution in [0, 0.1) is 0 Å². The third-order valence-electron chi connectivity index (χ3n) is 6.18. The van der Waals surface area contributed by atoms with Gasteiger partial charge in [-0.2, -0.15) is 0 Å². The Labute approximate surface area is 157 Å². The van der Waals surface area contributed by atoms with E-state index in [9.17, 15) is 4.79 Å². The highest BCUT2D eigenvalue weighted by Gasteiger charge is 2.75. The van der Waals surface area contributed by atoms with Gasteiger partial charge in [0.05, 0.1) is 34.5 Å². The predicted molar refractivity (Wildman–Crippen MR) is 98.3 cm³/mol. The maximum Gasteiger partial charge on any atom is 0.190 e. The first-order valence-corrected chi connectivity index (χ1v) is 8.95. The summed E-state index contributed by atoms with van der Waals surface area (Å²) in [5, 5.41) is 0. The van der Waals surface area contributed by atoms with E-state index in [4.69, 9.17) is 18.9 Å². The molecule has 27 heavy (non-hydrogen) atoms. The van der Waals surface area contributed by atoms with Crippen molar-refractivity contribution in [3.05, 3.63) is 46.5 Å². The Morgan fingerprint density at radius 2 is 1.67 bits per heavy atom. The lowest BCUT2D eigenvalue weighted by molar-refractivity contribution is 0.0911. The van der Waals surface area contributed by atoms with Gasteiger partial charge in [0.2, 0.25) is 0 Å². The molecule has 0 aromatic heterocycles. The minimum Gasteiger partial charge on any atom is -0.493 e. The molecule has 0 radical (unpaired) electrons. The van der Waals surface area contributed by atoms with E-state index < -0.39 is 5.54 Å². The van der Waals surface area contributed by atoms with E-state index in [1.807, 2.05) is 18.2 Å². The van der Waals surface area contributed by atoms with Gasteiger partial charge in [0.15, 0.2) is 28.8 Å². The molecule has 1 aliphatic carbocycles. The lowest BCUT2D eigenvalue weighted by Gasteiger charge is -2.26. The van der Waals surface area contributed by atoms with E-state index in [0.717, 1.165) is 35.2 Å². The molecule has 6 nitrogen and oxygen atoms in total. The van der Waals surface area contributed by atoms with Crippen molar-refractivity contribution >= 4 is 5.78 Å². The van der Waals surface area contributed by atoms with E-state index >= 15 is 0 Å². The second-order valence-electron chi connectivity index (χ2n) is 7.07. The number of ether oxygens (including phenoxy) is 4. The normalized spacial score (nSPS) is 26.4. The average molecular weight is 367 g/mol. The van der Waals surface area contributed by atoms with Crippen molar-refractivity contribution < 1.29 is 23.7 Å². The maximum atomic E-state index is 13.6. The molecule has 3 unspecified atom stereocenters. The molecule has 1 saturated heterocycles. The standard InChI is InChI=1S/C21H21NO5/c1-24-14-6-5-12-17(18(14)27-4)19-21(20(12)23)13-10-16(26-3)15(25-2)9-11(13)7-8-22(19)21/h5-6,9-10,19H,7-8H2,1-4H3. The molecule has 140 valence electrons. The molecular formula is C21H21NO5. The van der Waals surface area contributed by atoms with Crippen LogP contribution >= 0.6 is 0 Å². The van der Waals surface area contributed by atoms with Gasteiger partial charge in [0, 0.05) is 17.7 Å². The van der Waals surface area contributed by atoms with Crippen molar-refractivity contribution in [2.24, 2.45) is 0 Å². The number of nitrogens with zero attached hydrogens (tertiary/aromatic N) is 1. The number of rotatable bonds is 4. The molecule has 0 amide bonds. The van der Waals surface area contributed by atoms with Gasteiger partial charge in [0.1, 0.15) is 5.54 Å². The van der Waals surface area contributed by atoms with Crippen LogP contribution in [0.15, 0.2) is 24.3 Å². The smallest absolute Gasteiger partial charge is 0.190 e. The summed E-state index contributed by atoms with van der Waals surface area (Å²) in [7, 11) is 6.48. The molecule has 3 atom stereocenters. The lowest BCUT2D eigenvalue weighted by atomic mass is 9.86. The molecular weight excluding hydrogens is 346 g/mol. The summed E-state index contributed by atoms with van der Waals surface area (Å²) in [6.45, 7) is 0.818. The topological polar surface area (TPSA) is 57.0 Å². The quantitative estimate of drug-likeness (QED) is 0.775. The molecule has 2 aliphatic heterocycles. The number of carbonyl (C=O) groups excluding carboxylic acids is 1. The Balaban J connectivity index is 1.73. The molecule has 3 aliphatic rings. The fourth-order valence-electron chi connectivity index (χ4n) is 5.04. The van der Waals surface area contributed by atoms with Crippen LogP contribution < -0.4 is 18.9 Å². The zero-order chi connectivity index (χ0) is 18.9. The number of carbonyl (C=O) groups is 1. The minimum absolute atomic E-state index is 0.0237. The summed E-state index contributed by atoms with van der Waals surface area (Å²) in [6.07, 6.45) is 0.864. The highest BCUT2D eigenvalue weighted by atomic mass is 16.5. The molecule has 1 fully saturated rings. The van der Waals surface area contributed by atoms with Crippen LogP contribution in [0.1, 0.15) is 33.1 Å². The predicted octanol–water partition coefficient (Wildman–Crippen LogP) is 2.73. The molecule has 0 saturated carbocycles. The van der Waals surface area contributed by atoms with Gasteiger partial charge in [-0.25, -0.2) is 0 Å². The first-order valence-electron chi connectivity index (χ1n) is 8.95. The molecule has 0 bridgehead atoms. The number of Topliss-reactive ketones (excluding diaryl/α,β-unsaturated/α-hetero) is 1. The Kier molecular flexibility index (Phi) is 3.28. The molecule has 2 heterocycles. The number of hydrogen-bond acceptors (Lipinski definition) is 6. The number of ketones is 1. The van der Waals surface area contributed by atoms with E-state index in [-0.39, 0.29) is 11.8 Å². The van der Waals surface area contributed by atoms with Crippen molar-refractivity contribution in [3.8, 4) is 23.0 Å². The second kappa shape index (κ2) is 5.39. The van der Waals surface area contributed by atoms with Crippen LogP contribution in [-0.4, -0.2) is 45.7 Å². The van der Waals surface area contributed by atoms with Crippen molar-refractivity contribution in [1.82, 2.24) is 4.90 Å². The molecule has 2 aromatic carbocycles. The Morgan fingerprint density at radius 1 is 0.963 bits per heavy atom. The number of hydrogen-bond donors (Lipinski definition) is 0. The number of benzene rings is 2. The van der Waals surface area contributed by atoms with Gasteiger partial charge in [-0.15, -0.1) is 0 Å². The zero-order valence-corrected chi connectivity index (χ0v) is 15.8. The van der Waals surface area contributed by atoms with E-state index in [1.54, 1.807) is 34.5 Å². The second-order valence-corrected chi connectivity index (χ2v) is 7.07. The van der Waals surface area contributed by atoms with Gasteiger partial charge in [0.25, 0.3) is 0 Å². The van der Waals surface area contributed by atoms with Crippen LogP contribution in [0.5, 0.6) is 23.0 Å². The highest BCUT2D eigenvalue weighted by Crippen LogP contribution is 2.71. The summed E-state index contributed by atoms with van der Waals surface area (Å²) < 4.78 is 22.1. The average Bonchev–Trinajstić information content (AvgIpc) is 3.33. The summed E-state index contributed by atoms with van der Waals surface area (Å²) in [5.74, 6) is 2.77. The molecule has 2 aromatic rings. The van der Waals surface area contributed by atoms with Crippen LogP contribution in [0.4, 0.5) is 0 Å². The van der Waals surface area contributed by atoms with Crippen LogP contribution in [0.25, 0.3) is 0 Å². The van der Waals surface area contributed by atoms with Crippen molar-refractivity contribution in [2.75, 3.05) is 35.0 Å². The van der Waals surface area contributed by atoms with Gasteiger partial charge >= 0.3 is 0 Å². The molecule has 0 N–H and O–H groups in total. The van der Waals surface area contributed by atoms with E-state index in [2.05, 4.69) is 4.90 Å². The number of fused-ring (bicyclic) bond motifs is 4. The van der Waals surface area contributed by atoms with Gasteiger partial charge in [-0.1, -0.05) is 0 Å². The Hall–Kier alpha value is -2.73. The third-order valence-corrected chi connectivity index (χ3v) is 6.18. The maximum absolute atomic E-state index is 13.6. The lowest BCUT2D eigenvalue weighted by Crippen LogP contribution is -2.32. The Morgan fingerprint density at radius 3 is 2.33 bits per heavy atom. The zero-order valence-electron chi connectivity index (χ0n) is 15.8. The van der Waals surface area contributed by atoms with E-state index in [0.29, 0.717) is 23.0 Å². The van der Waals surface area contributed by atoms with E-state index in [1.165, 1.54) is 0 Å². The Bertz CT molecular complexity index is 985. The van der Waals surface area contributed by atoms with Gasteiger partial charge in [-0.3, -0.25) is 9.69 Å². The molecule has 5 rings (SSSR count). The van der Waals surface area contributed by atoms with Crippen LogP contribution in [0.2, 0.25) is 0 Å². The van der Waals surface area contributed by atoms with Gasteiger partial charge in [-0.05, 0) is 41.8 Å². The minimum atomic E-state index is -0.658. The summed E-state index contributed by atoms with van der Waals surface area (Å²) in [5.41, 5.74) is 3.15. The third kappa shape index (κ3) is 1.76. The SMILES string of the molecule is COc1cc2c(cc1OC)C13C(=O)c4ccc(OC)c(OC)c4C1N3CC2. The fourth-order valence-corrected chi connectivity index (χ4v) is 5.04. The van der Waals surface area contributed by atoms with Gasteiger partial charge < -0.3 is 18.9 Å². The van der Waals surface area contributed by atoms with Crippen LogP contribution in [0.3, 0.4) is 0 Å². The summed E-state index contributed by atoms with van der Waals surface area (Å²) in [4.78, 5) is 15.8. The first-order chi connectivity index (χ1) is 13.1. The monoisotopic (exact) mass is 367 g/mol. The summed E-state index contributed by atoms with van der Waals surface area (Å²) in [6, 6.07) is 7.61. The summed E-state index contributed by atoms with van der Waals surface area (Å²) >= 11 is 0. The number of methoxy groups -OCH3 is 4. The van der Waals surface area contributed by atoms with Crippen molar-refractivity contribution in [1.29, 1.82) is 0 Å². The largest absolute Gasteiger partial charge is 0.493 e. The highest BCUT2D eigenvalue weighted by molar-refractivity contribution is 6.13. The van der Waals surface area contributed by atoms with Crippen LogP contribution in [-0.2, 0) is 12.0 Å². The fraction of sp³-hybridized carbons (Fsp3) is 0.381. The molecule has 1 spiro atoms. The molecule has 6 heteroatoms. The van der Waals surface area contributed by atoms with Crippen molar-refractivity contribution in [2.45, 2.75) is 18.0 Å². The van der Waals surface area contributed by atoms with Crippen molar-refractivity contribution in [3.63, 3.8) is 0 Å². The first kappa shape index (κ1) is 16.4.